The first-order valence-electron chi connectivity index (χ1n) is 6.95. The number of aliphatic carboxylic acids is 1. The van der Waals surface area contributed by atoms with Crippen LogP contribution in [0.3, 0.4) is 0 Å². The third-order valence-corrected chi connectivity index (χ3v) is 3.05. The maximum atomic E-state index is 11.8. The molecule has 0 fully saturated rings. The minimum atomic E-state index is -1.03. The van der Waals surface area contributed by atoms with E-state index in [9.17, 15) is 14.4 Å². The predicted molar refractivity (Wildman–Crippen MR) is 75.6 cm³/mol. The van der Waals surface area contributed by atoms with Crippen LogP contribution in [0, 0.1) is 5.92 Å². The Morgan fingerprint density at radius 2 is 1.81 bits per heavy atom. The van der Waals surface area contributed by atoms with Crippen molar-refractivity contribution in [3.05, 3.63) is 0 Å². The van der Waals surface area contributed by atoms with E-state index in [4.69, 9.17) is 9.84 Å². The highest BCUT2D eigenvalue weighted by Crippen LogP contribution is 2.23. The summed E-state index contributed by atoms with van der Waals surface area (Å²) >= 11 is 0. The second-order valence-corrected chi connectivity index (χ2v) is 5.56. The van der Waals surface area contributed by atoms with Crippen LogP contribution in [0.15, 0.2) is 0 Å². The fraction of sp³-hybridized carbons (Fsp3) is 0.786. The number of rotatable bonds is 8. The monoisotopic (exact) mass is 303 g/mol. The molecule has 0 radical (unpaired) electrons. The lowest BCUT2D eigenvalue weighted by atomic mass is 9.86. The Balaban J connectivity index is 4.68. The summed E-state index contributed by atoms with van der Waals surface area (Å²) in [4.78, 5) is 33.5. The Morgan fingerprint density at radius 1 is 1.24 bits per heavy atom. The SMILES string of the molecule is CC[C@@H](C)C[C@@](C)(CC(=O)O)NC(=O)O[C@@H](C)OC(C)=O. The van der Waals surface area contributed by atoms with Crippen LogP contribution >= 0.6 is 0 Å². The number of nitrogens with one attached hydrogen (secondary N) is 1. The number of ether oxygens (including phenoxy) is 2. The molecule has 7 heteroatoms. The number of carbonyl (C=O) groups is 3. The summed E-state index contributed by atoms with van der Waals surface area (Å²) in [6.45, 7) is 8.24. The van der Waals surface area contributed by atoms with E-state index in [-0.39, 0.29) is 12.3 Å². The lowest BCUT2D eigenvalue weighted by molar-refractivity contribution is -0.162. The average Bonchev–Trinajstić information content (AvgIpc) is 2.24. The zero-order valence-electron chi connectivity index (χ0n) is 13.3. The van der Waals surface area contributed by atoms with Crippen molar-refractivity contribution in [2.24, 2.45) is 5.92 Å². The fourth-order valence-electron chi connectivity index (χ4n) is 2.10. The number of carbonyl (C=O) groups excluding carboxylic acids is 2. The Hall–Kier alpha value is -1.79. The minimum Gasteiger partial charge on any atom is -0.481 e. The Bertz CT molecular complexity index is 384. The Morgan fingerprint density at radius 3 is 2.24 bits per heavy atom. The van der Waals surface area contributed by atoms with Gasteiger partial charge in [0.1, 0.15) is 0 Å². The zero-order chi connectivity index (χ0) is 16.6. The molecule has 0 aliphatic rings. The van der Waals surface area contributed by atoms with E-state index in [1.165, 1.54) is 13.8 Å². The van der Waals surface area contributed by atoms with Gasteiger partial charge in [-0.3, -0.25) is 9.59 Å². The van der Waals surface area contributed by atoms with Crippen LogP contribution in [-0.4, -0.2) is 35.0 Å². The highest BCUT2D eigenvalue weighted by Gasteiger charge is 2.32. The standard InChI is InChI=1S/C14H25NO6/c1-6-9(2)7-14(5,8-12(17)18)15-13(19)21-11(4)20-10(3)16/h9,11H,6-8H2,1-5H3,(H,15,19)(H,17,18)/t9-,11+,14+/m1/s1. The van der Waals surface area contributed by atoms with Crippen molar-refractivity contribution in [3.8, 4) is 0 Å². The number of carboxylic acid groups (broad SMARTS) is 1. The van der Waals surface area contributed by atoms with E-state index in [0.29, 0.717) is 6.42 Å². The molecule has 0 aromatic carbocycles. The summed E-state index contributed by atoms with van der Waals surface area (Å²) in [7, 11) is 0. The van der Waals surface area contributed by atoms with Crippen LogP contribution in [0.4, 0.5) is 4.79 Å². The lowest BCUT2D eigenvalue weighted by Crippen LogP contribution is -2.49. The third kappa shape index (κ3) is 8.88. The van der Waals surface area contributed by atoms with E-state index < -0.39 is 29.9 Å². The largest absolute Gasteiger partial charge is 0.481 e. The number of hydrogen-bond acceptors (Lipinski definition) is 5. The number of esters is 1. The van der Waals surface area contributed by atoms with Gasteiger partial charge in [0, 0.05) is 13.8 Å². The van der Waals surface area contributed by atoms with Gasteiger partial charge in [0.15, 0.2) is 0 Å². The molecule has 3 atom stereocenters. The van der Waals surface area contributed by atoms with E-state index in [0.717, 1.165) is 6.42 Å². The zero-order valence-corrected chi connectivity index (χ0v) is 13.3. The number of hydrogen-bond donors (Lipinski definition) is 2. The molecule has 1 amide bonds. The molecule has 0 unspecified atom stereocenters. The summed E-state index contributed by atoms with van der Waals surface area (Å²) < 4.78 is 9.55. The summed E-state index contributed by atoms with van der Waals surface area (Å²) in [6.07, 6.45) is -0.673. The first-order valence-corrected chi connectivity index (χ1v) is 6.95. The van der Waals surface area contributed by atoms with Crippen LogP contribution in [0.5, 0.6) is 0 Å². The third-order valence-electron chi connectivity index (χ3n) is 3.05. The molecular weight excluding hydrogens is 278 g/mol. The smallest absolute Gasteiger partial charge is 0.410 e. The molecule has 0 aromatic heterocycles. The normalized spacial score (nSPS) is 16.2. The van der Waals surface area contributed by atoms with Crippen LogP contribution < -0.4 is 5.32 Å². The van der Waals surface area contributed by atoms with Crippen LogP contribution in [0.1, 0.15) is 53.9 Å². The van der Waals surface area contributed by atoms with Crippen molar-refractivity contribution in [1.82, 2.24) is 5.32 Å². The molecule has 0 heterocycles. The summed E-state index contributed by atoms with van der Waals surface area (Å²) in [5, 5.41) is 11.5. The topological polar surface area (TPSA) is 102 Å². The number of alkyl carbamates (subject to hydrolysis) is 1. The van der Waals surface area contributed by atoms with Crippen molar-refractivity contribution in [2.45, 2.75) is 65.7 Å². The minimum absolute atomic E-state index is 0.214. The first-order chi connectivity index (χ1) is 9.58. The van der Waals surface area contributed by atoms with Crippen molar-refractivity contribution in [1.29, 1.82) is 0 Å². The quantitative estimate of drug-likeness (QED) is 0.527. The molecule has 0 aliphatic heterocycles. The molecule has 0 saturated heterocycles. The second-order valence-electron chi connectivity index (χ2n) is 5.56. The molecule has 2 N–H and O–H groups in total. The van der Waals surface area contributed by atoms with Gasteiger partial charge in [0.25, 0.3) is 0 Å². The van der Waals surface area contributed by atoms with Gasteiger partial charge in [0.2, 0.25) is 6.29 Å². The van der Waals surface area contributed by atoms with E-state index in [1.54, 1.807) is 6.92 Å². The number of carboxylic acids is 1. The summed E-state index contributed by atoms with van der Waals surface area (Å²) in [6, 6.07) is 0. The van der Waals surface area contributed by atoms with Crippen LogP contribution in [-0.2, 0) is 19.1 Å². The molecule has 7 nitrogen and oxygen atoms in total. The highest BCUT2D eigenvalue weighted by molar-refractivity contribution is 5.73. The van der Waals surface area contributed by atoms with Gasteiger partial charge in [-0.2, -0.15) is 0 Å². The van der Waals surface area contributed by atoms with Gasteiger partial charge in [-0.1, -0.05) is 20.3 Å². The maximum Gasteiger partial charge on any atom is 0.410 e. The average molecular weight is 303 g/mol. The molecule has 0 rings (SSSR count). The molecule has 0 saturated carbocycles. The first kappa shape index (κ1) is 19.2. The van der Waals surface area contributed by atoms with Crippen molar-refractivity contribution >= 4 is 18.0 Å². The molecule has 0 aromatic rings. The van der Waals surface area contributed by atoms with E-state index in [2.05, 4.69) is 10.1 Å². The van der Waals surface area contributed by atoms with Gasteiger partial charge < -0.3 is 19.9 Å². The van der Waals surface area contributed by atoms with Gasteiger partial charge >= 0.3 is 18.0 Å². The molecular formula is C14H25NO6. The Kier molecular flexibility index (Phi) is 7.76. The van der Waals surface area contributed by atoms with Crippen molar-refractivity contribution in [3.63, 3.8) is 0 Å². The molecule has 0 spiro atoms. The predicted octanol–water partition coefficient (Wildman–Crippen LogP) is 2.29. The van der Waals surface area contributed by atoms with Gasteiger partial charge in [-0.15, -0.1) is 0 Å². The van der Waals surface area contributed by atoms with Crippen LogP contribution in [0.2, 0.25) is 0 Å². The van der Waals surface area contributed by atoms with E-state index in [1.807, 2.05) is 13.8 Å². The van der Waals surface area contributed by atoms with Crippen molar-refractivity contribution < 1.29 is 29.0 Å². The molecule has 0 bridgehead atoms. The molecule has 122 valence electrons. The molecule has 0 aliphatic carbocycles. The van der Waals surface area contributed by atoms with E-state index >= 15 is 0 Å². The number of amides is 1. The van der Waals surface area contributed by atoms with Gasteiger partial charge in [0.05, 0.1) is 12.0 Å². The van der Waals surface area contributed by atoms with Gasteiger partial charge in [-0.05, 0) is 19.3 Å². The summed E-state index contributed by atoms with van der Waals surface area (Å²) in [5.74, 6) is -1.32. The molecule has 21 heavy (non-hydrogen) atoms. The summed E-state index contributed by atoms with van der Waals surface area (Å²) in [5.41, 5.74) is -0.922. The van der Waals surface area contributed by atoms with Gasteiger partial charge in [-0.25, -0.2) is 4.79 Å². The van der Waals surface area contributed by atoms with Crippen molar-refractivity contribution in [2.75, 3.05) is 0 Å². The van der Waals surface area contributed by atoms with Crippen LogP contribution in [0.25, 0.3) is 0 Å². The Labute approximate surface area is 125 Å². The fourth-order valence-corrected chi connectivity index (χ4v) is 2.10. The maximum absolute atomic E-state index is 11.8. The lowest BCUT2D eigenvalue weighted by Gasteiger charge is -2.31. The highest BCUT2D eigenvalue weighted by atomic mass is 16.7. The second kappa shape index (κ2) is 8.49.